The fourth-order valence-corrected chi connectivity index (χ4v) is 4.95. The summed E-state index contributed by atoms with van der Waals surface area (Å²) in [6, 6.07) is 10.9. The van der Waals surface area contributed by atoms with Gasteiger partial charge in [-0.3, -0.25) is 9.78 Å². The van der Waals surface area contributed by atoms with E-state index in [-0.39, 0.29) is 5.82 Å². The minimum Gasteiger partial charge on any atom is -0.368 e. The van der Waals surface area contributed by atoms with Gasteiger partial charge in [0.2, 0.25) is 5.78 Å². The highest BCUT2D eigenvalue weighted by Gasteiger charge is 2.33. The molecule has 1 fully saturated rings. The van der Waals surface area contributed by atoms with Gasteiger partial charge in [-0.1, -0.05) is 30.5 Å². The number of nitrogens with one attached hydrogen (secondary N) is 2. The van der Waals surface area contributed by atoms with Gasteiger partial charge in [0.25, 0.3) is 0 Å². The van der Waals surface area contributed by atoms with E-state index >= 15 is 4.39 Å². The van der Waals surface area contributed by atoms with E-state index in [1.165, 1.54) is 11.9 Å². The molecule has 0 aliphatic carbocycles. The molecule has 43 heavy (non-hydrogen) atoms. The number of pyridine rings is 2. The summed E-state index contributed by atoms with van der Waals surface area (Å²) < 4.78 is 53.0. The van der Waals surface area contributed by atoms with Crippen LogP contribution in [0.2, 0.25) is 5.02 Å². The van der Waals surface area contributed by atoms with Crippen molar-refractivity contribution < 1.29 is 22.4 Å². The number of halogens is 5. The lowest BCUT2D eigenvalue weighted by atomic mass is 10.0. The highest BCUT2D eigenvalue weighted by atomic mass is 35.5. The zero-order valence-corrected chi connectivity index (χ0v) is 25.0. The molecule has 0 radical (unpaired) electrons. The SMILES string of the molecule is CC(=O)C(F)(F)F.CCCSNc1cc(Cl)cc(-c2cn(-c3ccc(N4CCNCC4)cn3)nc2-c2ccncc2)c1F. The third-order valence-electron chi connectivity index (χ3n) is 6.33. The molecule has 228 valence electrons. The standard InChI is InChI=1S/C26H27ClFN7S.C3H3F3O/c1-2-13-36-33-23-15-19(27)14-21(25(23)28)22-17-35(32-26(22)18-5-7-29-8-6-18)24-4-3-20(16-31-24)34-11-9-30-10-12-34;1-2(7)3(4,5)6/h3-8,14-17,30,33H,2,9-13H2,1H3;1H3. The minimum absolute atomic E-state index is 0.350. The fourth-order valence-electron chi connectivity index (χ4n) is 4.13. The number of aromatic nitrogens is 4. The Balaban J connectivity index is 0.000000541. The Morgan fingerprint density at radius 2 is 1.81 bits per heavy atom. The number of alkyl halides is 3. The lowest BCUT2D eigenvalue weighted by Gasteiger charge is -2.29. The van der Waals surface area contributed by atoms with E-state index in [1.807, 2.05) is 30.5 Å². The van der Waals surface area contributed by atoms with Crippen LogP contribution < -0.4 is 14.9 Å². The number of ketones is 1. The van der Waals surface area contributed by atoms with Crippen molar-refractivity contribution in [3.8, 4) is 28.2 Å². The molecule has 1 aliphatic rings. The number of carbonyl (C=O) groups is 1. The Labute approximate surface area is 256 Å². The molecule has 2 N–H and O–H groups in total. The molecule has 5 rings (SSSR count). The molecule has 1 saturated heterocycles. The lowest BCUT2D eigenvalue weighted by Crippen LogP contribution is -2.43. The monoisotopic (exact) mass is 635 g/mol. The normalized spacial score (nSPS) is 13.3. The Morgan fingerprint density at radius 1 is 1.12 bits per heavy atom. The highest BCUT2D eigenvalue weighted by Crippen LogP contribution is 2.38. The fraction of sp³-hybridized carbons (Fsp3) is 0.310. The molecule has 4 heterocycles. The summed E-state index contributed by atoms with van der Waals surface area (Å²) in [5.74, 6) is -0.626. The van der Waals surface area contributed by atoms with Gasteiger partial charge in [-0.05, 0) is 42.8 Å². The summed E-state index contributed by atoms with van der Waals surface area (Å²) in [4.78, 5) is 20.4. The van der Waals surface area contributed by atoms with Gasteiger partial charge >= 0.3 is 6.18 Å². The van der Waals surface area contributed by atoms with Crippen molar-refractivity contribution in [3.63, 3.8) is 0 Å². The maximum atomic E-state index is 15.7. The van der Waals surface area contributed by atoms with Crippen molar-refractivity contribution in [2.75, 3.05) is 41.6 Å². The first kappa shape index (κ1) is 32.2. The number of nitrogens with zero attached hydrogens (tertiary/aromatic N) is 5. The van der Waals surface area contributed by atoms with Gasteiger partial charge in [0, 0.05) is 79.2 Å². The summed E-state index contributed by atoms with van der Waals surface area (Å²) in [5.41, 5.74) is 3.87. The number of anilines is 2. The van der Waals surface area contributed by atoms with Gasteiger partial charge in [-0.25, -0.2) is 14.1 Å². The molecule has 8 nitrogen and oxygen atoms in total. The lowest BCUT2D eigenvalue weighted by molar-refractivity contribution is -0.168. The maximum absolute atomic E-state index is 15.7. The van der Waals surface area contributed by atoms with Gasteiger partial charge in [0.05, 0.1) is 17.6 Å². The minimum atomic E-state index is -4.64. The van der Waals surface area contributed by atoms with E-state index in [9.17, 15) is 18.0 Å². The van der Waals surface area contributed by atoms with Crippen LogP contribution in [-0.4, -0.2) is 63.6 Å². The number of hydrogen-bond donors (Lipinski definition) is 2. The number of Topliss-reactive ketones (excluding diaryl/α,β-unsaturated/α-hetero) is 1. The number of hydrogen-bond acceptors (Lipinski definition) is 8. The number of benzene rings is 1. The smallest absolute Gasteiger partial charge is 0.368 e. The molecule has 0 unspecified atom stereocenters. The van der Waals surface area contributed by atoms with Crippen molar-refractivity contribution in [1.82, 2.24) is 25.1 Å². The van der Waals surface area contributed by atoms with Crippen LogP contribution in [0.1, 0.15) is 20.3 Å². The van der Waals surface area contributed by atoms with Crippen LogP contribution >= 0.6 is 23.5 Å². The first-order valence-electron chi connectivity index (χ1n) is 13.5. The Morgan fingerprint density at radius 3 is 2.42 bits per heavy atom. The van der Waals surface area contributed by atoms with Gasteiger partial charge in [0.1, 0.15) is 5.69 Å². The van der Waals surface area contributed by atoms with E-state index in [0.29, 0.717) is 40.3 Å². The molecular weight excluding hydrogens is 606 g/mol. The number of rotatable bonds is 8. The van der Waals surface area contributed by atoms with Gasteiger partial charge in [0.15, 0.2) is 11.6 Å². The second-order valence-corrected chi connectivity index (χ2v) is 10.8. The first-order valence-corrected chi connectivity index (χ1v) is 14.8. The van der Waals surface area contributed by atoms with E-state index in [4.69, 9.17) is 16.7 Å². The van der Waals surface area contributed by atoms with Crippen molar-refractivity contribution >= 4 is 40.7 Å². The summed E-state index contributed by atoms with van der Waals surface area (Å²) in [6.07, 6.45) is 3.40. The van der Waals surface area contributed by atoms with Gasteiger partial charge in [-0.2, -0.15) is 18.3 Å². The largest absolute Gasteiger partial charge is 0.449 e. The van der Waals surface area contributed by atoms with E-state index < -0.39 is 12.0 Å². The third-order valence-corrected chi connectivity index (χ3v) is 7.53. The van der Waals surface area contributed by atoms with Crippen molar-refractivity contribution in [3.05, 3.63) is 72.0 Å². The van der Waals surface area contributed by atoms with E-state index in [0.717, 1.165) is 49.6 Å². The average molecular weight is 636 g/mol. The molecule has 1 aromatic carbocycles. The third kappa shape index (κ3) is 8.46. The molecule has 14 heteroatoms. The van der Waals surface area contributed by atoms with Crippen LogP contribution in [0.25, 0.3) is 28.2 Å². The van der Waals surface area contributed by atoms with Crippen LogP contribution in [0.4, 0.5) is 28.9 Å². The zero-order valence-electron chi connectivity index (χ0n) is 23.5. The predicted octanol–water partition coefficient (Wildman–Crippen LogP) is 6.81. The first-order chi connectivity index (χ1) is 20.6. The summed E-state index contributed by atoms with van der Waals surface area (Å²) in [5, 5.41) is 8.62. The zero-order chi connectivity index (χ0) is 31.0. The molecule has 4 aromatic rings. The summed E-state index contributed by atoms with van der Waals surface area (Å²) in [6.45, 7) is 6.37. The highest BCUT2D eigenvalue weighted by molar-refractivity contribution is 8.00. The maximum Gasteiger partial charge on any atom is 0.449 e. The Bertz CT molecular complexity index is 1510. The molecule has 3 aromatic heterocycles. The van der Waals surface area contributed by atoms with Crippen molar-refractivity contribution in [2.45, 2.75) is 26.4 Å². The molecule has 0 spiro atoms. The quantitative estimate of drug-likeness (QED) is 0.124. The molecular formula is C29H30ClF4N7OS. The number of carbonyl (C=O) groups excluding carboxylic acids is 1. The Hall–Kier alpha value is -3.68. The van der Waals surface area contributed by atoms with Crippen molar-refractivity contribution in [1.29, 1.82) is 0 Å². The second kappa shape index (κ2) is 14.7. The summed E-state index contributed by atoms with van der Waals surface area (Å²) in [7, 11) is 0. The van der Waals surface area contributed by atoms with Gasteiger partial charge in [-0.15, -0.1) is 0 Å². The van der Waals surface area contributed by atoms with Crippen LogP contribution in [0.3, 0.4) is 0 Å². The van der Waals surface area contributed by atoms with Crippen LogP contribution in [0, 0.1) is 5.82 Å². The molecule has 0 atom stereocenters. The predicted molar refractivity (Wildman–Crippen MR) is 163 cm³/mol. The summed E-state index contributed by atoms with van der Waals surface area (Å²) >= 11 is 7.88. The van der Waals surface area contributed by atoms with Gasteiger partial charge < -0.3 is 14.9 Å². The molecule has 0 bridgehead atoms. The van der Waals surface area contributed by atoms with Crippen LogP contribution in [0.5, 0.6) is 0 Å². The average Bonchev–Trinajstić information content (AvgIpc) is 3.45. The van der Waals surface area contributed by atoms with Crippen LogP contribution in [-0.2, 0) is 4.79 Å². The second-order valence-electron chi connectivity index (χ2n) is 9.50. The molecule has 0 amide bonds. The van der Waals surface area contributed by atoms with E-state index in [2.05, 4.69) is 31.8 Å². The topological polar surface area (TPSA) is 88.0 Å². The Kier molecular flexibility index (Phi) is 11.0. The van der Waals surface area contributed by atoms with Crippen LogP contribution in [0.15, 0.2) is 61.2 Å². The van der Waals surface area contributed by atoms with Crippen molar-refractivity contribution in [2.24, 2.45) is 0 Å². The molecule has 0 saturated carbocycles. The molecule has 1 aliphatic heterocycles. The van der Waals surface area contributed by atoms with E-state index in [1.54, 1.807) is 35.4 Å². The number of piperazine rings is 1.